The lowest BCUT2D eigenvalue weighted by atomic mass is 9.86. The predicted molar refractivity (Wildman–Crippen MR) is 194 cm³/mol. The highest BCUT2D eigenvalue weighted by atomic mass is 35.5. The molecule has 1 aromatic carbocycles. The summed E-state index contributed by atoms with van der Waals surface area (Å²) in [6, 6.07) is 4.08. The van der Waals surface area contributed by atoms with Crippen molar-refractivity contribution in [2.24, 2.45) is 5.41 Å². The minimum atomic E-state index is -4.73. The normalized spacial score (nSPS) is 15.9. The summed E-state index contributed by atoms with van der Waals surface area (Å²) < 4.78 is 60.9. The van der Waals surface area contributed by atoms with E-state index >= 15 is 0 Å². The first-order chi connectivity index (χ1) is 22.9. The minimum absolute atomic E-state index is 0. The number of pyridine rings is 1. The van der Waals surface area contributed by atoms with E-state index in [2.05, 4.69) is 34.7 Å². The number of halogens is 7. The molecule has 11 nitrogen and oxygen atoms in total. The van der Waals surface area contributed by atoms with Crippen LogP contribution in [0.3, 0.4) is 0 Å². The quantitative estimate of drug-likeness (QED) is 0.158. The Labute approximate surface area is 311 Å². The van der Waals surface area contributed by atoms with Crippen LogP contribution < -0.4 is 9.80 Å². The molecule has 4 aromatic rings. The lowest BCUT2D eigenvalue weighted by Crippen LogP contribution is -2.47. The number of aliphatic carboxylic acids is 1. The van der Waals surface area contributed by atoms with E-state index < -0.39 is 23.5 Å². The number of piperazine rings is 1. The van der Waals surface area contributed by atoms with Crippen LogP contribution in [0.15, 0.2) is 36.7 Å². The number of aromatic nitrogens is 5. The number of H-pyrrole nitrogens is 1. The number of aromatic amines is 1. The van der Waals surface area contributed by atoms with E-state index in [9.17, 15) is 22.4 Å². The summed E-state index contributed by atoms with van der Waals surface area (Å²) in [5.74, 6) is -0.769. The summed E-state index contributed by atoms with van der Waals surface area (Å²) in [5, 5.41) is 8.96. The molecular weight excluding hydrogens is 739 g/mol. The molecular formula is C33H41Cl3F4N8O3. The third-order valence-corrected chi connectivity index (χ3v) is 9.28. The molecule has 0 unspecified atom stereocenters. The number of carboxylic acid groups (broad SMARTS) is 1. The van der Waals surface area contributed by atoms with Gasteiger partial charge in [0.2, 0.25) is 0 Å². The fourth-order valence-electron chi connectivity index (χ4n) is 6.87. The fraction of sp³-hybridized carbons (Fsp3) is 0.485. The number of rotatable bonds is 11. The smallest absolute Gasteiger partial charge is 0.416 e. The lowest BCUT2D eigenvalue weighted by molar-refractivity contribution is -0.138. The Balaban J connectivity index is 0.00000234. The van der Waals surface area contributed by atoms with Crippen LogP contribution in [0.25, 0.3) is 33.9 Å². The summed E-state index contributed by atoms with van der Waals surface area (Å²) in [4.78, 5) is 38.9. The largest absolute Gasteiger partial charge is 0.481 e. The van der Waals surface area contributed by atoms with Gasteiger partial charge in [-0.3, -0.25) is 9.69 Å². The van der Waals surface area contributed by atoms with Gasteiger partial charge >= 0.3 is 12.1 Å². The maximum atomic E-state index is 14.5. The zero-order chi connectivity index (χ0) is 34.1. The predicted octanol–water partition coefficient (Wildman–Crippen LogP) is 6.74. The van der Waals surface area contributed by atoms with Crippen LogP contribution in [0.2, 0.25) is 0 Å². The molecule has 4 heterocycles. The van der Waals surface area contributed by atoms with E-state index in [0.717, 1.165) is 37.8 Å². The molecule has 0 amide bonds. The second kappa shape index (κ2) is 17.3. The number of nitrogens with one attached hydrogen (secondary N) is 1. The van der Waals surface area contributed by atoms with Crippen molar-refractivity contribution in [1.29, 1.82) is 0 Å². The van der Waals surface area contributed by atoms with Crippen LogP contribution in [-0.2, 0) is 15.7 Å². The monoisotopic (exact) mass is 778 g/mol. The van der Waals surface area contributed by atoms with Crippen LogP contribution in [-0.4, -0.2) is 101 Å². The molecule has 1 saturated heterocycles. The SMILES string of the molecule is COCC1(CN(C)c2cc(-c3cc(F)cc(C(F)(F)F)c3)nc3nc(-c4cnc(N5CCN(CCC(=O)O)CC5)cn4)[nH]c23)CCCC1.Cl.Cl.Cl. The second-order valence-electron chi connectivity index (χ2n) is 12.8. The van der Waals surface area contributed by atoms with Crippen molar-refractivity contribution in [3.8, 4) is 22.8 Å². The summed E-state index contributed by atoms with van der Waals surface area (Å²) in [6.07, 6.45) is 2.77. The molecule has 2 aliphatic rings. The van der Waals surface area contributed by atoms with Crippen LogP contribution in [0.5, 0.6) is 0 Å². The molecule has 6 rings (SSSR count). The molecule has 51 heavy (non-hydrogen) atoms. The number of nitrogens with zero attached hydrogens (tertiary/aromatic N) is 7. The number of hydrogen-bond acceptors (Lipinski definition) is 9. The molecule has 1 aliphatic heterocycles. The number of ether oxygens (including phenoxy) is 1. The summed E-state index contributed by atoms with van der Waals surface area (Å²) in [7, 11) is 3.60. The lowest BCUT2D eigenvalue weighted by Gasteiger charge is -2.34. The van der Waals surface area contributed by atoms with E-state index in [-0.39, 0.29) is 66.0 Å². The van der Waals surface area contributed by atoms with Crippen LogP contribution >= 0.6 is 37.2 Å². The standard InChI is InChI=1S/C33H38F4N8O3.3ClH/c1-43(19-32(20-48-2)6-3-4-7-32)26-16-24(21-13-22(33(35,36)37)15-23(34)14-21)40-31-29(26)41-30(42-31)25-17-39-27(18-38-25)45-11-9-44(10-12-45)8-5-28(46)47;;;/h13-18H,3-12,19-20H2,1-2H3,(H,46,47)(H,40,41,42);3*1H. The van der Waals surface area contributed by atoms with Gasteiger partial charge in [0.25, 0.3) is 0 Å². The Morgan fingerprint density at radius 1 is 1.00 bits per heavy atom. The van der Waals surface area contributed by atoms with E-state index in [1.54, 1.807) is 25.6 Å². The number of carbonyl (C=O) groups is 1. The first kappa shape index (κ1) is 41.9. The van der Waals surface area contributed by atoms with Crippen molar-refractivity contribution in [3.05, 3.63) is 48.0 Å². The molecule has 0 radical (unpaired) electrons. The average molecular weight is 780 g/mol. The third kappa shape index (κ3) is 9.69. The van der Waals surface area contributed by atoms with Crippen molar-refractivity contribution in [2.75, 3.05) is 69.8 Å². The van der Waals surface area contributed by atoms with Gasteiger partial charge in [0.1, 0.15) is 22.8 Å². The highest BCUT2D eigenvalue weighted by molar-refractivity contribution is 5.91. The van der Waals surface area contributed by atoms with Crippen molar-refractivity contribution in [1.82, 2.24) is 29.8 Å². The molecule has 0 spiro atoms. The first-order valence-corrected chi connectivity index (χ1v) is 15.9. The van der Waals surface area contributed by atoms with Crippen LogP contribution in [0.4, 0.5) is 29.1 Å². The number of carboxylic acids is 1. The zero-order valence-electron chi connectivity index (χ0n) is 28.1. The Morgan fingerprint density at radius 2 is 1.71 bits per heavy atom. The molecule has 1 saturated carbocycles. The second-order valence-corrected chi connectivity index (χ2v) is 12.8. The van der Waals surface area contributed by atoms with E-state index in [4.69, 9.17) is 9.84 Å². The highest BCUT2D eigenvalue weighted by Gasteiger charge is 2.36. The van der Waals surface area contributed by atoms with Crippen LogP contribution in [0, 0.1) is 11.2 Å². The molecule has 18 heteroatoms. The Morgan fingerprint density at radius 3 is 2.31 bits per heavy atom. The van der Waals surface area contributed by atoms with Gasteiger partial charge < -0.3 is 24.6 Å². The number of imidazole rings is 1. The molecule has 280 valence electrons. The van der Waals surface area contributed by atoms with E-state index in [0.29, 0.717) is 80.5 Å². The van der Waals surface area contributed by atoms with Gasteiger partial charge in [-0.05, 0) is 37.1 Å². The summed E-state index contributed by atoms with van der Waals surface area (Å²) in [6.45, 7) is 4.50. The third-order valence-electron chi connectivity index (χ3n) is 9.28. The van der Waals surface area contributed by atoms with E-state index in [1.807, 2.05) is 11.9 Å². The van der Waals surface area contributed by atoms with E-state index in [1.165, 1.54) is 0 Å². The molecule has 0 atom stereocenters. The Bertz CT molecular complexity index is 1770. The van der Waals surface area contributed by atoms with Crippen molar-refractivity contribution in [3.63, 3.8) is 0 Å². The number of fused-ring (bicyclic) bond motifs is 1. The number of alkyl halides is 3. The topological polar surface area (TPSA) is 124 Å². The minimum Gasteiger partial charge on any atom is -0.481 e. The zero-order valence-corrected chi connectivity index (χ0v) is 30.5. The summed E-state index contributed by atoms with van der Waals surface area (Å²) in [5.41, 5.74) is 0.872. The number of anilines is 2. The van der Waals surface area contributed by atoms with Gasteiger partial charge in [0.05, 0.1) is 42.4 Å². The molecule has 2 N–H and O–H groups in total. The highest BCUT2D eigenvalue weighted by Crippen LogP contribution is 2.41. The van der Waals surface area contributed by atoms with Crippen molar-refractivity contribution < 1.29 is 32.2 Å². The first-order valence-electron chi connectivity index (χ1n) is 15.9. The number of methoxy groups -OCH3 is 1. The fourth-order valence-corrected chi connectivity index (χ4v) is 6.87. The maximum Gasteiger partial charge on any atom is 0.416 e. The number of benzene rings is 1. The molecule has 0 bridgehead atoms. The van der Waals surface area contributed by atoms with Gasteiger partial charge in [-0.1, -0.05) is 12.8 Å². The van der Waals surface area contributed by atoms with Gasteiger partial charge in [0, 0.05) is 64.4 Å². The molecule has 3 aromatic heterocycles. The number of hydrogen-bond donors (Lipinski definition) is 2. The van der Waals surface area contributed by atoms with Gasteiger partial charge in [0.15, 0.2) is 11.5 Å². The Kier molecular flexibility index (Phi) is 14.3. The maximum absolute atomic E-state index is 14.5. The van der Waals surface area contributed by atoms with Gasteiger partial charge in [-0.15, -0.1) is 37.2 Å². The summed E-state index contributed by atoms with van der Waals surface area (Å²) >= 11 is 0. The van der Waals surface area contributed by atoms with Crippen molar-refractivity contribution >= 4 is 65.9 Å². The van der Waals surface area contributed by atoms with Crippen molar-refractivity contribution in [2.45, 2.75) is 38.3 Å². The molecule has 1 aliphatic carbocycles. The van der Waals surface area contributed by atoms with Crippen LogP contribution in [0.1, 0.15) is 37.7 Å². The average Bonchev–Trinajstić information content (AvgIpc) is 3.70. The van der Waals surface area contributed by atoms with Gasteiger partial charge in [-0.25, -0.2) is 24.3 Å². The molecule has 2 fully saturated rings. The van der Waals surface area contributed by atoms with Gasteiger partial charge in [-0.2, -0.15) is 13.2 Å². The Hall–Kier alpha value is -3.50.